The van der Waals surface area contributed by atoms with E-state index in [1.807, 2.05) is 50.2 Å². The largest absolute Gasteiger partial charge is 0.497 e. The molecule has 0 saturated heterocycles. The van der Waals surface area contributed by atoms with Gasteiger partial charge in [-0.05, 0) is 43.2 Å². The minimum atomic E-state index is -0.586. The van der Waals surface area contributed by atoms with Crippen LogP contribution in [0.5, 0.6) is 23.0 Å². The molecule has 1 aliphatic rings. The fourth-order valence-corrected chi connectivity index (χ4v) is 2.88. The maximum absolute atomic E-state index is 12.7. The summed E-state index contributed by atoms with van der Waals surface area (Å²) in [6, 6.07) is 12.8. The number of rotatable bonds is 7. The van der Waals surface area contributed by atoms with Gasteiger partial charge in [0.1, 0.15) is 24.7 Å². The van der Waals surface area contributed by atoms with Gasteiger partial charge in [-0.15, -0.1) is 0 Å². The molecular weight excluding hydrogens is 346 g/mol. The van der Waals surface area contributed by atoms with Gasteiger partial charge in [-0.1, -0.05) is 19.1 Å². The van der Waals surface area contributed by atoms with E-state index in [1.54, 1.807) is 13.2 Å². The Morgan fingerprint density at radius 3 is 2.59 bits per heavy atom. The Labute approximate surface area is 159 Å². The number of amides is 1. The summed E-state index contributed by atoms with van der Waals surface area (Å²) in [4.78, 5) is 12.7. The summed E-state index contributed by atoms with van der Waals surface area (Å²) in [6.45, 7) is 4.93. The molecule has 1 heterocycles. The maximum atomic E-state index is 12.7. The van der Waals surface area contributed by atoms with Gasteiger partial charge in [0.2, 0.25) is 0 Å². The molecule has 6 nitrogen and oxygen atoms in total. The Hall–Kier alpha value is -2.89. The topological polar surface area (TPSA) is 66.0 Å². The Morgan fingerprint density at radius 2 is 1.85 bits per heavy atom. The number of methoxy groups -OCH3 is 1. The summed E-state index contributed by atoms with van der Waals surface area (Å²) in [5.74, 6) is 2.56. The van der Waals surface area contributed by atoms with Crippen LogP contribution in [0.2, 0.25) is 0 Å². The van der Waals surface area contributed by atoms with E-state index in [2.05, 4.69) is 5.32 Å². The summed E-state index contributed by atoms with van der Waals surface area (Å²) in [6.07, 6.45) is -0.0338. The lowest BCUT2D eigenvalue weighted by atomic mass is 10.1. The van der Waals surface area contributed by atoms with E-state index < -0.39 is 6.10 Å². The van der Waals surface area contributed by atoms with Gasteiger partial charge in [-0.25, -0.2) is 0 Å². The third kappa shape index (κ3) is 4.64. The van der Waals surface area contributed by atoms with Crippen LogP contribution in [0, 0.1) is 0 Å². The van der Waals surface area contributed by atoms with E-state index >= 15 is 0 Å². The standard InChI is InChI=1S/C21H25NO5/c1-4-18(27-17-7-5-6-16(13-17)24-3)21(23)22-14(2)15-8-9-19-20(12-15)26-11-10-25-19/h5-9,12-14,18H,4,10-11H2,1-3H3,(H,22,23)/t14-,18+/m1/s1. The van der Waals surface area contributed by atoms with E-state index in [0.29, 0.717) is 36.9 Å². The Morgan fingerprint density at radius 1 is 1.11 bits per heavy atom. The highest BCUT2D eigenvalue weighted by Crippen LogP contribution is 2.32. The van der Waals surface area contributed by atoms with Crippen molar-refractivity contribution >= 4 is 5.91 Å². The van der Waals surface area contributed by atoms with Gasteiger partial charge in [-0.2, -0.15) is 0 Å². The molecule has 2 aromatic rings. The van der Waals surface area contributed by atoms with E-state index in [9.17, 15) is 4.79 Å². The summed E-state index contributed by atoms with van der Waals surface area (Å²) >= 11 is 0. The highest BCUT2D eigenvalue weighted by molar-refractivity contribution is 5.81. The van der Waals surface area contributed by atoms with E-state index in [-0.39, 0.29) is 11.9 Å². The second-order valence-electron chi connectivity index (χ2n) is 6.33. The molecule has 0 fully saturated rings. The van der Waals surface area contributed by atoms with Crippen LogP contribution in [-0.2, 0) is 4.79 Å². The summed E-state index contributed by atoms with van der Waals surface area (Å²) in [5, 5.41) is 3.01. The molecule has 0 aromatic heterocycles. The van der Waals surface area contributed by atoms with E-state index in [1.165, 1.54) is 0 Å². The molecule has 1 N–H and O–H groups in total. The Kier molecular flexibility index (Phi) is 6.06. The van der Waals surface area contributed by atoms with Crippen LogP contribution in [0.15, 0.2) is 42.5 Å². The average Bonchev–Trinajstić information content (AvgIpc) is 2.71. The van der Waals surface area contributed by atoms with Gasteiger partial charge in [0.15, 0.2) is 17.6 Å². The van der Waals surface area contributed by atoms with Gasteiger partial charge in [0.05, 0.1) is 13.2 Å². The van der Waals surface area contributed by atoms with Crippen LogP contribution < -0.4 is 24.3 Å². The zero-order valence-corrected chi connectivity index (χ0v) is 15.9. The minimum Gasteiger partial charge on any atom is -0.497 e. The molecule has 144 valence electrons. The van der Waals surface area contributed by atoms with Crippen molar-refractivity contribution in [2.75, 3.05) is 20.3 Å². The fourth-order valence-electron chi connectivity index (χ4n) is 2.88. The SMILES string of the molecule is CC[C@H](Oc1cccc(OC)c1)C(=O)N[C@H](C)c1ccc2c(c1)OCCO2. The van der Waals surface area contributed by atoms with Crippen LogP contribution >= 0.6 is 0 Å². The number of carbonyl (C=O) groups excluding carboxylic acids is 1. The first-order chi connectivity index (χ1) is 13.1. The van der Waals surface area contributed by atoms with E-state index in [4.69, 9.17) is 18.9 Å². The highest BCUT2D eigenvalue weighted by Gasteiger charge is 2.22. The molecule has 6 heteroatoms. The molecule has 0 bridgehead atoms. The minimum absolute atomic E-state index is 0.164. The van der Waals surface area contributed by atoms with Crippen LogP contribution in [0.3, 0.4) is 0 Å². The van der Waals surface area contributed by atoms with Crippen molar-refractivity contribution < 1.29 is 23.7 Å². The highest BCUT2D eigenvalue weighted by atomic mass is 16.6. The first-order valence-electron chi connectivity index (χ1n) is 9.11. The Balaban J connectivity index is 1.65. The second-order valence-corrected chi connectivity index (χ2v) is 6.33. The zero-order chi connectivity index (χ0) is 19.2. The summed E-state index contributed by atoms with van der Waals surface area (Å²) in [5.41, 5.74) is 0.948. The number of ether oxygens (including phenoxy) is 4. The summed E-state index contributed by atoms with van der Waals surface area (Å²) < 4.78 is 22.2. The number of hydrogen-bond acceptors (Lipinski definition) is 5. The van der Waals surface area contributed by atoms with Gasteiger partial charge in [0.25, 0.3) is 5.91 Å². The molecule has 0 unspecified atom stereocenters. The summed E-state index contributed by atoms with van der Waals surface area (Å²) in [7, 11) is 1.60. The first-order valence-corrected chi connectivity index (χ1v) is 9.11. The third-order valence-electron chi connectivity index (χ3n) is 4.41. The van der Waals surface area contributed by atoms with Crippen molar-refractivity contribution in [1.82, 2.24) is 5.32 Å². The lowest BCUT2D eigenvalue weighted by molar-refractivity contribution is -0.128. The van der Waals surface area contributed by atoms with E-state index in [0.717, 1.165) is 11.3 Å². The molecular formula is C21H25NO5. The van der Waals surface area contributed by atoms with Crippen LogP contribution in [0.1, 0.15) is 31.9 Å². The predicted octanol–water partition coefficient (Wildman–Crippen LogP) is 3.50. The van der Waals surface area contributed by atoms with Crippen molar-refractivity contribution in [3.8, 4) is 23.0 Å². The monoisotopic (exact) mass is 371 g/mol. The van der Waals surface area contributed by atoms with Crippen molar-refractivity contribution in [1.29, 1.82) is 0 Å². The molecule has 0 radical (unpaired) electrons. The van der Waals surface area contributed by atoms with Crippen molar-refractivity contribution in [2.24, 2.45) is 0 Å². The lowest BCUT2D eigenvalue weighted by Gasteiger charge is -2.23. The Bertz CT molecular complexity index is 792. The normalized spacial score (nSPS) is 14.8. The van der Waals surface area contributed by atoms with Gasteiger partial charge >= 0.3 is 0 Å². The first kappa shape index (κ1) is 18.9. The molecule has 27 heavy (non-hydrogen) atoms. The average molecular weight is 371 g/mol. The zero-order valence-electron chi connectivity index (χ0n) is 15.9. The quantitative estimate of drug-likeness (QED) is 0.807. The van der Waals surface area contributed by atoms with Crippen LogP contribution in [0.25, 0.3) is 0 Å². The smallest absolute Gasteiger partial charge is 0.261 e. The fraction of sp³-hybridized carbons (Fsp3) is 0.381. The van der Waals surface area contributed by atoms with Crippen molar-refractivity contribution in [3.63, 3.8) is 0 Å². The molecule has 3 rings (SSSR count). The molecule has 0 saturated carbocycles. The van der Waals surface area contributed by atoms with Crippen molar-refractivity contribution in [3.05, 3.63) is 48.0 Å². The number of carbonyl (C=O) groups is 1. The third-order valence-corrected chi connectivity index (χ3v) is 4.41. The van der Waals surface area contributed by atoms with Gasteiger partial charge < -0.3 is 24.3 Å². The van der Waals surface area contributed by atoms with Crippen molar-refractivity contribution in [2.45, 2.75) is 32.4 Å². The van der Waals surface area contributed by atoms with Gasteiger partial charge in [0, 0.05) is 6.07 Å². The van der Waals surface area contributed by atoms with Gasteiger partial charge in [-0.3, -0.25) is 4.79 Å². The van der Waals surface area contributed by atoms with Crippen LogP contribution in [-0.4, -0.2) is 32.3 Å². The lowest BCUT2D eigenvalue weighted by Crippen LogP contribution is -2.39. The molecule has 1 aliphatic heterocycles. The molecule has 0 spiro atoms. The van der Waals surface area contributed by atoms with Crippen LogP contribution in [0.4, 0.5) is 0 Å². The number of nitrogens with one attached hydrogen (secondary N) is 1. The second kappa shape index (κ2) is 8.66. The maximum Gasteiger partial charge on any atom is 0.261 e. The number of benzene rings is 2. The number of fused-ring (bicyclic) bond motifs is 1. The molecule has 2 atom stereocenters. The molecule has 1 amide bonds. The predicted molar refractivity (Wildman–Crippen MR) is 102 cm³/mol. The molecule has 2 aromatic carbocycles. The number of hydrogen-bond donors (Lipinski definition) is 1. The molecule has 0 aliphatic carbocycles.